The highest BCUT2D eigenvalue weighted by molar-refractivity contribution is 6.04. The summed E-state index contributed by atoms with van der Waals surface area (Å²) in [6, 6.07) is 7.12. The van der Waals surface area contributed by atoms with Crippen molar-refractivity contribution in [3.05, 3.63) is 36.0 Å². The van der Waals surface area contributed by atoms with Crippen LogP contribution in [0.4, 0.5) is 0 Å². The minimum absolute atomic E-state index is 0.0268. The van der Waals surface area contributed by atoms with Gasteiger partial charge >= 0.3 is 5.97 Å². The van der Waals surface area contributed by atoms with E-state index in [0.717, 1.165) is 5.56 Å². The molecule has 3 aromatic rings. The van der Waals surface area contributed by atoms with Crippen LogP contribution in [0.2, 0.25) is 0 Å². The Morgan fingerprint density at radius 1 is 1.13 bits per heavy atom. The summed E-state index contributed by atoms with van der Waals surface area (Å²) in [7, 11) is 0. The number of nitrogens with zero attached hydrogens (tertiary/aromatic N) is 3. The summed E-state index contributed by atoms with van der Waals surface area (Å²) in [5.41, 5.74) is 7.31. The molecule has 0 fully saturated rings. The zero-order valence-electron chi connectivity index (χ0n) is 16.9. The molecule has 1 unspecified atom stereocenters. The smallest absolute Gasteiger partial charge is 0.339 e. The van der Waals surface area contributed by atoms with E-state index in [0.29, 0.717) is 41.4 Å². The topological polar surface area (TPSA) is 119 Å². The van der Waals surface area contributed by atoms with Crippen LogP contribution in [-0.2, 0) is 9.53 Å². The van der Waals surface area contributed by atoms with E-state index in [1.54, 1.807) is 16.9 Å². The highest BCUT2D eigenvalue weighted by Gasteiger charge is 2.23. The number of rotatable bonds is 5. The Labute approximate surface area is 172 Å². The number of hydrogen-bond donors (Lipinski definition) is 1. The van der Waals surface area contributed by atoms with Crippen molar-refractivity contribution in [2.45, 2.75) is 32.9 Å². The van der Waals surface area contributed by atoms with Crippen LogP contribution in [0, 0.1) is 0 Å². The second-order valence-electron chi connectivity index (χ2n) is 7.28. The highest BCUT2D eigenvalue weighted by atomic mass is 16.6. The maximum absolute atomic E-state index is 12.8. The van der Waals surface area contributed by atoms with E-state index in [9.17, 15) is 9.59 Å². The molecule has 1 aliphatic rings. The van der Waals surface area contributed by atoms with Gasteiger partial charge in [0.1, 0.15) is 13.2 Å². The summed E-state index contributed by atoms with van der Waals surface area (Å²) in [6.07, 6.45) is 0.514. The molecule has 1 aliphatic heterocycles. The van der Waals surface area contributed by atoms with E-state index in [1.807, 2.05) is 32.0 Å². The third kappa shape index (κ3) is 3.54. The second kappa shape index (κ2) is 7.66. The molecule has 0 spiro atoms. The standard InChI is InChI=1S/C21H22N4O5/c1-11(2)25-20-15(10-23-25)14(21(27)30-12(3)19(22)26)9-16(24-20)13-4-5-17-18(8-13)29-7-6-28-17/h4-5,8-12H,6-7H2,1-3H3,(H2,22,26). The molecule has 4 rings (SSSR count). The Bertz CT molecular complexity index is 1140. The fourth-order valence-corrected chi connectivity index (χ4v) is 3.20. The quantitative estimate of drug-likeness (QED) is 0.642. The van der Waals surface area contributed by atoms with Crippen LogP contribution in [0.3, 0.4) is 0 Å². The lowest BCUT2D eigenvalue weighted by atomic mass is 10.1. The molecule has 0 aliphatic carbocycles. The maximum atomic E-state index is 12.8. The number of hydrogen-bond acceptors (Lipinski definition) is 7. The van der Waals surface area contributed by atoms with Gasteiger partial charge in [-0.05, 0) is 45.0 Å². The van der Waals surface area contributed by atoms with Gasteiger partial charge in [0, 0.05) is 11.6 Å². The van der Waals surface area contributed by atoms with Crippen LogP contribution in [0.25, 0.3) is 22.3 Å². The molecule has 2 N–H and O–H groups in total. The van der Waals surface area contributed by atoms with E-state index in [1.165, 1.54) is 6.92 Å². The van der Waals surface area contributed by atoms with E-state index >= 15 is 0 Å². The fraction of sp³-hybridized carbons (Fsp3) is 0.333. The predicted molar refractivity (Wildman–Crippen MR) is 108 cm³/mol. The third-order valence-corrected chi connectivity index (χ3v) is 4.80. The number of pyridine rings is 1. The van der Waals surface area contributed by atoms with Gasteiger partial charge in [-0.3, -0.25) is 4.79 Å². The van der Waals surface area contributed by atoms with Gasteiger partial charge in [0.05, 0.1) is 22.8 Å². The molecule has 9 heteroatoms. The Morgan fingerprint density at radius 3 is 2.57 bits per heavy atom. The molecule has 156 valence electrons. The Hall–Kier alpha value is -3.62. The van der Waals surface area contributed by atoms with Crippen molar-refractivity contribution in [2.75, 3.05) is 13.2 Å². The average molecular weight is 410 g/mol. The number of aromatic nitrogens is 3. The average Bonchev–Trinajstić information content (AvgIpc) is 3.16. The summed E-state index contributed by atoms with van der Waals surface area (Å²) in [5.74, 6) is -0.118. The first-order valence-electron chi connectivity index (χ1n) is 9.63. The Kier molecular flexibility index (Phi) is 5.03. The van der Waals surface area contributed by atoms with Gasteiger partial charge in [-0.25, -0.2) is 14.5 Å². The summed E-state index contributed by atoms with van der Waals surface area (Å²) in [4.78, 5) is 28.9. The van der Waals surface area contributed by atoms with Crippen LogP contribution < -0.4 is 15.2 Å². The van der Waals surface area contributed by atoms with E-state index in [4.69, 9.17) is 24.9 Å². The van der Waals surface area contributed by atoms with Gasteiger partial charge in [0.2, 0.25) is 0 Å². The van der Waals surface area contributed by atoms with Crippen molar-refractivity contribution in [3.63, 3.8) is 0 Å². The fourth-order valence-electron chi connectivity index (χ4n) is 3.20. The molecule has 3 heterocycles. The van der Waals surface area contributed by atoms with E-state index in [-0.39, 0.29) is 11.6 Å². The second-order valence-corrected chi connectivity index (χ2v) is 7.28. The van der Waals surface area contributed by atoms with Crippen molar-refractivity contribution in [1.82, 2.24) is 14.8 Å². The molecular formula is C21H22N4O5. The first kappa shape index (κ1) is 19.7. The molecule has 2 aromatic heterocycles. The summed E-state index contributed by atoms with van der Waals surface area (Å²) < 4.78 is 18.2. The lowest BCUT2D eigenvalue weighted by Gasteiger charge is -2.19. The first-order valence-corrected chi connectivity index (χ1v) is 9.63. The van der Waals surface area contributed by atoms with Crippen LogP contribution in [0.1, 0.15) is 37.2 Å². The van der Waals surface area contributed by atoms with Crippen LogP contribution >= 0.6 is 0 Å². The largest absolute Gasteiger partial charge is 0.486 e. The van der Waals surface area contributed by atoms with Crippen molar-refractivity contribution in [1.29, 1.82) is 0 Å². The number of carbonyl (C=O) groups excluding carboxylic acids is 2. The normalized spacial score (nSPS) is 14.0. The highest BCUT2D eigenvalue weighted by Crippen LogP contribution is 2.35. The molecule has 1 aromatic carbocycles. The van der Waals surface area contributed by atoms with Gasteiger partial charge < -0.3 is 19.9 Å². The first-order chi connectivity index (χ1) is 14.3. The van der Waals surface area contributed by atoms with Crippen molar-refractivity contribution >= 4 is 22.9 Å². The van der Waals surface area contributed by atoms with Gasteiger partial charge in [-0.2, -0.15) is 5.10 Å². The molecule has 9 nitrogen and oxygen atoms in total. The lowest BCUT2D eigenvalue weighted by Crippen LogP contribution is -2.30. The minimum atomic E-state index is -1.06. The summed E-state index contributed by atoms with van der Waals surface area (Å²) in [6.45, 7) is 6.33. The lowest BCUT2D eigenvalue weighted by molar-refractivity contribution is -0.125. The zero-order valence-corrected chi connectivity index (χ0v) is 16.9. The molecule has 1 atom stereocenters. The van der Waals surface area contributed by atoms with Crippen LogP contribution in [0.15, 0.2) is 30.5 Å². The minimum Gasteiger partial charge on any atom is -0.486 e. The molecule has 0 bridgehead atoms. The number of nitrogens with two attached hydrogens (primary N) is 1. The Morgan fingerprint density at radius 2 is 1.87 bits per heavy atom. The number of primary amides is 1. The predicted octanol–water partition coefficient (Wildman–Crippen LogP) is 2.48. The summed E-state index contributed by atoms with van der Waals surface area (Å²) in [5, 5.41) is 4.90. The third-order valence-electron chi connectivity index (χ3n) is 4.80. The number of amides is 1. The van der Waals surface area contributed by atoms with Gasteiger partial charge in [-0.15, -0.1) is 0 Å². The zero-order chi connectivity index (χ0) is 21.4. The molecule has 0 saturated heterocycles. The molecule has 0 radical (unpaired) electrons. The summed E-state index contributed by atoms with van der Waals surface area (Å²) >= 11 is 0. The molecule has 30 heavy (non-hydrogen) atoms. The van der Waals surface area contributed by atoms with Gasteiger partial charge in [0.25, 0.3) is 5.91 Å². The number of benzene rings is 1. The maximum Gasteiger partial charge on any atom is 0.339 e. The Balaban J connectivity index is 1.85. The van der Waals surface area contributed by atoms with E-state index in [2.05, 4.69) is 5.10 Å². The number of ether oxygens (including phenoxy) is 3. The number of fused-ring (bicyclic) bond motifs is 2. The monoisotopic (exact) mass is 410 g/mol. The molecule has 1 amide bonds. The number of carbonyl (C=O) groups is 2. The van der Waals surface area contributed by atoms with Crippen molar-refractivity contribution in [2.24, 2.45) is 5.73 Å². The van der Waals surface area contributed by atoms with Crippen molar-refractivity contribution in [3.8, 4) is 22.8 Å². The van der Waals surface area contributed by atoms with Gasteiger partial charge in [0.15, 0.2) is 23.3 Å². The van der Waals surface area contributed by atoms with Crippen LogP contribution in [-0.4, -0.2) is 46.0 Å². The van der Waals surface area contributed by atoms with Gasteiger partial charge in [-0.1, -0.05) is 0 Å². The number of esters is 1. The van der Waals surface area contributed by atoms with Crippen molar-refractivity contribution < 1.29 is 23.8 Å². The SMILES string of the molecule is CC(OC(=O)c1cc(-c2ccc3c(c2)OCCO3)nc2c1cnn2C(C)C)C(N)=O. The molecular weight excluding hydrogens is 388 g/mol. The van der Waals surface area contributed by atoms with Crippen LogP contribution in [0.5, 0.6) is 11.5 Å². The molecule has 0 saturated carbocycles. The van der Waals surface area contributed by atoms with E-state index < -0.39 is 18.0 Å².